The number of aromatic nitrogens is 3. The summed E-state index contributed by atoms with van der Waals surface area (Å²) in [5.74, 6) is -0.0153. The van der Waals surface area contributed by atoms with Gasteiger partial charge in [0.2, 0.25) is 0 Å². The molecule has 2 aromatic heterocycles. The van der Waals surface area contributed by atoms with Crippen molar-refractivity contribution in [2.75, 3.05) is 0 Å². The molecule has 0 spiro atoms. The molecule has 2 heterocycles. The molecular weight excluding hydrogens is 459 g/mol. The molecule has 2 aromatic carbocycles. The number of carbonyl (C=O) groups is 1. The van der Waals surface area contributed by atoms with Crippen molar-refractivity contribution in [2.45, 2.75) is 25.7 Å². The average molecular weight is 481 g/mol. The normalized spacial score (nSPS) is 12.3. The average Bonchev–Trinajstić information content (AvgIpc) is 3.36. The summed E-state index contributed by atoms with van der Waals surface area (Å²) in [7, 11) is 0. The lowest BCUT2D eigenvalue weighted by molar-refractivity contribution is -0.137. The number of nitrogens with zero attached hydrogens (tertiary/aromatic N) is 3. The van der Waals surface area contributed by atoms with E-state index in [0.29, 0.717) is 22.4 Å². The van der Waals surface area contributed by atoms with Crippen molar-refractivity contribution >= 4 is 5.91 Å². The first-order valence-corrected chi connectivity index (χ1v) is 10.7. The molecule has 0 saturated heterocycles. The molecule has 1 amide bonds. The number of nitrogens with two attached hydrogens (primary N) is 1. The molecule has 4 aromatic rings. The van der Waals surface area contributed by atoms with Crippen LogP contribution < -0.4 is 15.9 Å². The molecule has 0 aliphatic rings. The second-order valence-electron chi connectivity index (χ2n) is 7.77. The van der Waals surface area contributed by atoms with E-state index < -0.39 is 17.6 Å². The predicted octanol–water partition coefficient (Wildman–Crippen LogP) is 4.76. The summed E-state index contributed by atoms with van der Waals surface area (Å²) < 4.78 is 39.5. The second-order valence-corrected chi connectivity index (χ2v) is 7.77. The number of rotatable bonds is 7. The van der Waals surface area contributed by atoms with Crippen LogP contribution in [0.3, 0.4) is 0 Å². The summed E-state index contributed by atoms with van der Waals surface area (Å²) in [6.07, 6.45) is 0.181. The zero-order valence-electron chi connectivity index (χ0n) is 18.7. The molecule has 0 aliphatic heterocycles. The molecule has 180 valence electrons. The third-order valence-corrected chi connectivity index (χ3v) is 5.37. The Bertz CT molecular complexity index is 1310. The molecule has 0 bridgehead atoms. The van der Waals surface area contributed by atoms with Gasteiger partial charge in [-0.1, -0.05) is 30.3 Å². The van der Waals surface area contributed by atoms with Gasteiger partial charge in [0.05, 0.1) is 24.0 Å². The molecule has 0 aliphatic carbocycles. The smallest absolute Gasteiger partial charge is 0.358 e. The summed E-state index contributed by atoms with van der Waals surface area (Å²) in [6.45, 7) is 1.91. The van der Waals surface area contributed by atoms with Crippen molar-refractivity contribution in [3.8, 4) is 16.9 Å². The Hall–Kier alpha value is -4.18. The minimum absolute atomic E-state index is 0.109. The molecular formula is C25H22F3N5O2. The number of halogens is 3. The van der Waals surface area contributed by atoms with Crippen molar-refractivity contribution in [1.82, 2.24) is 20.2 Å². The van der Waals surface area contributed by atoms with E-state index in [-0.39, 0.29) is 18.3 Å². The van der Waals surface area contributed by atoms with E-state index in [1.807, 2.05) is 0 Å². The highest BCUT2D eigenvalue weighted by Crippen LogP contribution is 2.34. The number of nitrogens with one attached hydrogen (secondary N) is 1. The Kier molecular flexibility index (Phi) is 6.83. The predicted molar refractivity (Wildman–Crippen MR) is 123 cm³/mol. The van der Waals surface area contributed by atoms with E-state index in [9.17, 15) is 18.0 Å². The first kappa shape index (κ1) is 24.0. The SMILES string of the molecule is C[C@@H](NC(=O)c1cc(On2cccn2)ccn1)c1ccc(-c2cc(C(F)(F)F)ccc2CN)cc1. The number of benzene rings is 2. The van der Waals surface area contributed by atoms with Crippen LogP contribution in [0.25, 0.3) is 11.1 Å². The van der Waals surface area contributed by atoms with Crippen LogP contribution in [0, 0.1) is 0 Å². The van der Waals surface area contributed by atoms with Gasteiger partial charge in [0.1, 0.15) is 5.69 Å². The van der Waals surface area contributed by atoms with Gasteiger partial charge in [-0.3, -0.25) is 9.78 Å². The number of carbonyl (C=O) groups excluding carboxylic acids is 1. The van der Waals surface area contributed by atoms with Crippen molar-refractivity contribution in [2.24, 2.45) is 5.73 Å². The summed E-state index contributed by atoms with van der Waals surface area (Å²) in [4.78, 5) is 23.6. The second kappa shape index (κ2) is 9.98. The maximum atomic E-state index is 13.2. The van der Waals surface area contributed by atoms with Crippen LogP contribution >= 0.6 is 0 Å². The van der Waals surface area contributed by atoms with E-state index >= 15 is 0 Å². The quantitative estimate of drug-likeness (QED) is 0.397. The van der Waals surface area contributed by atoms with Crippen molar-refractivity contribution in [1.29, 1.82) is 0 Å². The first-order valence-electron chi connectivity index (χ1n) is 10.7. The lowest BCUT2D eigenvalue weighted by Gasteiger charge is -2.16. The number of amides is 1. The van der Waals surface area contributed by atoms with Crippen LogP contribution in [0.15, 0.2) is 79.3 Å². The van der Waals surface area contributed by atoms with Crippen LogP contribution in [-0.4, -0.2) is 20.8 Å². The highest BCUT2D eigenvalue weighted by Gasteiger charge is 2.31. The molecule has 0 radical (unpaired) electrons. The van der Waals surface area contributed by atoms with Crippen molar-refractivity contribution in [3.05, 3.63) is 102 Å². The van der Waals surface area contributed by atoms with Crippen molar-refractivity contribution < 1.29 is 22.8 Å². The minimum Gasteiger partial charge on any atom is -0.358 e. The van der Waals surface area contributed by atoms with Gasteiger partial charge in [0, 0.05) is 24.9 Å². The minimum atomic E-state index is -4.45. The largest absolute Gasteiger partial charge is 0.416 e. The number of alkyl halides is 3. The van der Waals surface area contributed by atoms with Crippen molar-refractivity contribution in [3.63, 3.8) is 0 Å². The van der Waals surface area contributed by atoms with Gasteiger partial charge in [-0.25, -0.2) is 0 Å². The molecule has 1 atom stereocenters. The van der Waals surface area contributed by atoms with Crippen LogP contribution in [-0.2, 0) is 12.7 Å². The van der Waals surface area contributed by atoms with Gasteiger partial charge in [0.25, 0.3) is 5.91 Å². The molecule has 0 fully saturated rings. The Balaban J connectivity index is 1.48. The Labute approximate surface area is 199 Å². The molecule has 35 heavy (non-hydrogen) atoms. The Morgan fingerprint density at radius 1 is 1.11 bits per heavy atom. The van der Waals surface area contributed by atoms with Gasteiger partial charge in [0.15, 0.2) is 5.75 Å². The fourth-order valence-electron chi connectivity index (χ4n) is 3.51. The fourth-order valence-corrected chi connectivity index (χ4v) is 3.51. The van der Waals surface area contributed by atoms with E-state index in [1.54, 1.807) is 55.7 Å². The van der Waals surface area contributed by atoms with Gasteiger partial charge in [-0.15, -0.1) is 9.94 Å². The van der Waals surface area contributed by atoms with Crippen LogP contribution in [0.5, 0.6) is 5.75 Å². The third kappa shape index (κ3) is 5.67. The third-order valence-electron chi connectivity index (χ3n) is 5.37. The van der Waals surface area contributed by atoms with E-state index in [4.69, 9.17) is 10.6 Å². The van der Waals surface area contributed by atoms with Gasteiger partial charge in [-0.2, -0.15) is 13.2 Å². The molecule has 0 saturated carbocycles. The van der Waals surface area contributed by atoms with E-state index in [1.165, 1.54) is 23.2 Å². The monoisotopic (exact) mass is 481 g/mol. The van der Waals surface area contributed by atoms with Gasteiger partial charge in [-0.05, 0) is 47.4 Å². The Morgan fingerprint density at radius 2 is 1.89 bits per heavy atom. The summed E-state index contributed by atoms with van der Waals surface area (Å²) in [5, 5.41) is 6.80. The summed E-state index contributed by atoms with van der Waals surface area (Å²) >= 11 is 0. The zero-order chi connectivity index (χ0) is 25.0. The number of pyridine rings is 1. The van der Waals surface area contributed by atoms with E-state index in [2.05, 4.69) is 15.4 Å². The maximum absolute atomic E-state index is 13.2. The molecule has 10 heteroatoms. The Morgan fingerprint density at radius 3 is 2.54 bits per heavy atom. The van der Waals surface area contributed by atoms with Gasteiger partial charge < -0.3 is 15.9 Å². The van der Waals surface area contributed by atoms with Crippen LogP contribution in [0.2, 0.25) is 0 Å². The topological polar surface area (TPSA) is 95.1 Å². The van der Waals surface area contributed by atoms with Crippen LogP contribution in [0.1, 0.15) is 40.1 Å². The first-order chi connectivity index (χ1) is 16.7. The van der Waals surface area contributed by atoms with Gasteiger partial charge >= 0.3 is 6.18 Å². The maximum Gasteiger partial charge on any atom is 0.416 e. The standard InChI is InChI=1S/C25H22F3N5O2/c1-16(32-24(34)23-14-21(9-11-30-23)35-33-12-2-10-31-33)17-3-5-18(6-4-17)22-13-20(25(26,27)28)8-7-19(22)15-29/h2-14,16H,15,29H2,1H3,(H,32,34)/t16-/m1/s1. The van der Waals surface area contributed by atoms with E-state index in [0.717, 1.165) is 17.7 Å². The lowest BCUT2D eigenvalue weighted by Crippen LogP contribution is -2.27. The molecule has 3 N–H and O–H groups in total. The summed E-state index contributed by atoms with van der Waals surface area (Å²) in [6, 6.07) is 14.9. The zero-order valence-corrected chi connectivity index (χ0v) is 18.7. The molecule has 0 unspecified atom stereocenters. The summed E-state index contributed by atoms with van der Waals surface area (Å²) in [5.41, 5.74) is 7.56. The lowest BCUT2D eigenvalue weighted by atomic mass is 9.95. The molecule has 7 nitrogen and oxygen atoms in total. The highest BCUT2D eigenvalue weighted by atomic mass is 19.4. The number of hydrogen-bond acceptors (Lipinski definition) is 5. The fraction of sp³-hybridized carbons (Fsp3) is 0.160. The van der Waals surface area contributed by atoms with Crippen LogP contribution in [0.4, 0.5) is 13.2 Å². The number of hydrogen-bond donors (Lipinski definition) is 2. The molecule has 4 rings (SSSR count). The highest BCUT2D eigenvalue weighted by molar-refractivity contribution is 5.92.